The van der Waals surface area contributed by atoms with Crippen molar-refractivity contribution in [1.29, 1.82) is 0 Å². The SMILES string of the molecule is Cn1cnc2cc(-c3cccc4c3OCCCO4)ncc21. The molecular weight excluding hydrogens is 266 g/mol. The Balaban J connectivity index is 1.88. The van der Waals surface area contributed by atoms with Crippen LogP contribution in [0, 0.1) is 0 Å². The number of ether oxygens (including phenoxy) is 2. The quantitative estimate of drug-likeness (QED) is 0.688. The van der Waals surface area contributed by atoms with Gasteiger partial charge in [0.25, 0.3) is 0 Å². The molecule has 0 radical (unpaired) electrons. The van der Waals surface area contributed by atoms with Crippen molar-refractivity contribution in [3.8, 4) is 22.8 Å². The molecule has 3 aromatic rings. The standard InChI is InChI=1S/C16H15N3O2/c1-19-10-18-13-8-12(17-9-14(13)19)11-4-2-5-15-16(11)21-7-3-6-20-15/h2,4-5,8-10H,3,6-7H2,1H3. The van der Waals surface area contributed by atoms with Crippen LogP contribution in [0.25, 0.3) is 22.3 Å². The number of aromatic nitrogens is 3. The first-order chi connectivity index (χ1) is 10.3. The Morgan fingerprint density at radius 3 is 3.00 bits per heavy atom. The largest absolute Gasteiger partial charge is 0.490 e. The van der Waals surface area contributed by atoms with Gasteiger partial charge in [-0.2, -0.15) is 0 Å². The second kappa shape index (κ2) is 4.77. The number of benzene rings is 1. The highest BCUT2D eigenvalue weighted by atomic mass is 16.5. The van der Waals surface area contributed by atoms with Gasteiger partial charge >= 0.3 is 0 Å². The molecule has 0 spiro atoms. The lowest BCUT2D eigenvalue weighted by Crippen LogP contribution is -1.98. The highest BCUT2D eigenvalue weighted by Gasteiger charge is 2.17. The maximum absolute atomic E-state index is 5.86. The van der Waals surface area contributed by atoms with Crippen LogP contribution in [-0.4, -0.2) is 27.7 Å². The molecule has 21 heavy (non-hydrogen) atoms. The van der Waals surface area contributed by atoms with Crippen molar-refractivity contribution in [3.05, 3.63) is 36.8 Å². The number of pyridine rings is 1. The van der Waals surface area contributed by atoms with Gasteiger partial charge < -0.3 is 14.0 Å². The van der Waals surface area contributed by atoms with E-state index >= 15 is 0 Å². The minimum atomic E-state index is 0.663. The Bertz CT molecular complexity index is 810. The second-order valence-corrected chi connectivity index (χ2v) is 5.10. The second-order valence-electron chi connectivity index (χ2n) is 5.10. The number of para-hydroxylation sites is 1. The third kappa shape index (κ3) is 2.01. The monoisotopic (exact) mass is 281 g/mol. The van der Waals surface area contributed by atoms with Crippen molar-refractivity contribution in [1.82, 2.24) is 14.5 Å². The molecule has 1 aromatic carbocycles. The molecule has 2 aromatic heterocycles. The van der Waals surface area contributed by atoms with Gasteiger partial charge in [-0.15, -0.1) is 0 Å². The van der Waals surface area contributed by atoms with Crippen molar-refractivity contribution < 1.29 is 9.47 Å². The number of hydrogen-bond acceptors (Lipinski definition) is 4. The Labute approximate surface area is 122 Å². The van der Waals surface area contributed by atoms with Gasteiger partial charge in [0.05, 0.1) is 42.5 Å². The number of aryl methyl sites for hydroxylation is 1. The van der Waals surface area contributed by atoms with E-state index in [2.05, 4.69) is 9.97 Å². The summed E-state index contributed by atoms with van der Waals surface area (Å²) in [6.07, 6.45) is 4.52. The zero-order valence-corrected chi connectivity index (χ0v) is 11.7. The van der Waals surface area contributed by atoms with Crippen molar-refractivity contribution >= 4 is 11.0 Å². The molecule has 1 aliphatic heterocycles. The Kier molecular flexibility index (Phi) is 2.77. The van der Waals surface area contributed by atoms with E-state index in [-0.39, 0.29) is 0 Å². The van der Waals surface area contributed by atoms with Crippen molar-refractivity contribution in [2.75, 3.05) is 13.2 Å². The van der Waals surface area contributed by atoms with E-state index in [4.69, 9.17) is 9.47 Å². The number of imidazole rings is 1. The molecule has 1 aliphatic rings. The van der Waals surface area contributed by atoms with E-state index in [0.29, 0.717) is 13.2 Å². The lowest BCUT2D eigenvalue weighted by molar-refractivity contribution is 0.297. The summed E-state index contributed by atoms with van der Waals surface area (Å²) in [4.78, 5) is 8.94. The summed E-state index contributed by atoms with van der Waals surface area (Å²) >= 11 is 0. The molecular formula is C16H15N3O2. The molecule has 3 heterocycles. The van der Waals surface area contributed by atoms with Crippen LogP contribution in [0.5, 0.6) is 11.5 Å². The molecule has 0 saturated carbocycles. The topological polar surface area (TPSA) is 49.2 Å². The molecule has 0 unspecified atom stereocenters. The molecule has 0 fully saturated rings. The highest BCUT2D eigenvalue weighted by molar-refractivity contribution is 5.81. The van der Waals surface area contributed by atoms with Gasteiger partial charge in [0, 0.05) is 19.0 Å². The van der Waals surface area contributed by atoms with Gasteiger partial charge in [-0.25, -0.2) is 4.98 Å². The minimum absolute atomic E-state index is 0.663. The summed E-state index contributed by atoms with van der Waals surface area (Å²) in [5.74, 6) is 1.56. The van der Waals surface area contributed by atoms with Gasteiger partial charge in [0.15, 0.2) is 11.5 Å². The first-order valence-corrected chi connectivity index (χ1v) is 6.99. The Morgan fingerprint density at radius 1 is 1.14 bits per heavy atom. The fraction of sp³-hybridized carbons (Fsp3) is 0.250. The maximum Gasteiger partial charge on any atom is 0.170 e. The molecule has 0 N–H and O–H groups in total. The molecule has 5 heteroatoms. The van der Waals surface area contributed by atoms with Crippen LogP contribution in [0.1, 0.15) is 6.42 Å². The third-order valence-electron chi connectivity index (χ3n) is 3.66. The van der Waals surface area contributed by atoms with Crippen LogP contribution in [0.4, 0.5) is 0 Å². The smallest absolute Gasteiger partial charge is 0.170 e. The summed E-state index contributed by atoms with van der Waals surface area (Å²) in [6, 6.07) is 7.89. The fourth-order valence-electron chi connectivity index (χ4n) is 2.57. The summed E-state index contributed by atoms with van der Waals surface area (Å²) in [7, 11) is 1.96. The predicted molar refractivity (Wildman–Crippen MR) is 79.6 cm³/mol. The van der Waals surface area contributed by atoms with Crippen LogP contribution in [0.3, 0.4) is 0 Å². The molecule has 106 valence electrons. The van der Waals surface area contributed by atoms with E-state index in [1.807, 2.05) is 42.1 Å². The first-order valence-electron chi connectivity index (χ1n) is 6.99. The lowest BCUT2D eigenvalue weighted by Gasteiger charge is -2.11. The van der Waals surface area contributed by atoms with E-state index < -0.39 is 0 Å². The van der Waals surface area contributed by atoms with Gasteiger partial charge in [-0.1, -0.05) is 6.07 Å². The van der Waals surface area contributed by atoms with E-state index in [0.717, 1.165) is 40.2 Å². The molecule has 0 atom stereocenters. The Morgan fingerprint density at radius 2 is 2.05 bits per heavy atom. The third-order valence-corrected chi connectivity index (χ3v) is 3.66. The van der Waals surface area contributed by atoms with E-state index in [1.54, 1.807) is 6.33 Å². The zero-order valence-electron chi connectivity index (χ0n) is 11.7. The summed E-state index contributed by atoms with van der Waals surface area (Å²) < 4.78 is 13.5. The average molecular weight is 281 g/mol. The van der Waals surface area contributed by atoms with Crippen molar-refractivity contribution in [2.45, 2.75) is 6.42 Å². The van der Waals surface area contributed by atoms with Crippen LogP contribution >= 0.6 is 0 Å². The molecule has 0 saturated heterocycles. The summed E-state index contributed by atoms with van der Waals surface area (Å²) in [5.41, 5.74) is 3.73. The molecule has 0 bridgehead atoms. The average Bonchev–Trinajstić information content (AvgIpc) is 2.74. The predicted octanol–water partition coefficient (Wildman–Crippen LogP) is 2.80. The van der Waals surface area contributed by atoms with Crippen LogP contribution in [0.15, 0.2) is 36.8 Å². The number of rotatable bonds is 1. The first kappa shape index (κ1) is 12.2. The number of hydrogen-bond donors (Lipinski definition) is 0. The van der Waals surface area contributed by atoms with Crippen LogP contribution in [-0.2, 0) is 7.05 Å². The number of nitrogens with zero attached hydrogens (tertiary/aromatic N) is 3. The van der Waals surface area contributed by atoms with Crippen molar-refractivity contribution in [2.24, 2.45) is 7.05 Å². The van der Waals surface area contributed by atoms with Gasteiger partial charge in [0.1, 0.15) is 0 Å². The van der Waals surface area contributed by atoms with Gasteiger partial charge in [0.2, 0.25) is 0 Å². The Hall–Kier alpha value is -2.56. The van der Waals surface area contributed by atoms with E-state index in [1.165, 1.54) is 0 Å². The highest BCUT2D eigenvalue weighted by Crippen LogP contribution is 2.39. The van der Waals surface area contributed by atoms with Crippen LogP contribution in [0.2, 0.25) is 0 Å². The summed E-state index contributed by atoms with van der Waals surface area (Å²) in [5, 5.41) is 0. The molecule has 4 rings (SSSR count). The van der Waals surface area contributed by atoms with Gasteiger partial charge in [-0.3, -0.25) is 4.98 Å². The fourth-order valence-corrected chi connectivity index (χ4v) is 2.57. The van der Waals surface area contributed by atoms with Crippen LogP contribution < -0.4 is 9.47 Å². The van der Waals surface area contributed by atoms with E-state index in [9.17, 15) is 0 Å². The zero-order chi connectivity index (χ0) is 14.2. The molecule has 0 amide bonds. The van der Waals surface area contributed by atoms with Crippen molar-refractivity contribution in [3.63, 3.8) is 0 Å². The lowest BCUT2D eigenvalue weighted by atomic mass is 10.1. The maximum atomic E-state index is 5.86. The normalized spacial score (nSPS) is 14.1. The number of fused-ring (bicyclic) bond motifs is 2. The van der Waals surface area contributed by atoms with Gasteiger partial charge in [-0.05, 0) is 18.2 Å². The summed E-state index contributed by atoms with van der Waals surface area (Å²) in [6.45, 7) is 1.35. The molecule has 5 nitrogen and oxygen atoms in total. The molecule has 0 aliphatic carbocycles. The minimum Gasteiger partial charge on any atom is -0.490 e.